The largest absolute Gasteiger partial charge is 0.378 e. The Morgan fingerprint density at radius 3 is 2.83 bits per heavy atom. The summed E-state index contributed by atoms with van der Waals surface area (Å²) in [7, 11) is 0. The number of rotatable bonds is 3. The molecule has 0 radical (unpaired) electrons. The van der Waals surface area contributed by atoms with E-state index in [0.29, 0.717) is 0 Å². The zero-order valence-electron chi connectivity index (χ0n) is 8.91. The van der Waals surface area contributed by atoms with Crippen LogP contribution in [0.4, 0.5) is 11.5 Å². The van der Waals surface area contributed by atoms with Gasteiger partial charge in [0.15, 0.2) is 5.03 Å². The molecule has 92 valence electrons. The van der Waals surface area contributed by atoms with E-state index in [9.17, 15) is 10.1 Å². The Labute approximate surface area is 115 Å². The van der Waals surface area contributed by atoms with E-state index < -0.39 is 4.92 Å². The summed E-state index contributed by atoms with van der Waals surface area (Å²) in [6.45, 7) is 0. The zero-order valence-corrected chi connectivity index (χ0v) is 11.3. The molecule has 0 amide bonds. The smallest absolute Gasteiger partial charge is 0.343 e. The fourth-order valence-corrected chi connectivity index (χ4v) is 2.75. The molecule has 0 unspecified atom stereocenters. The van der Waals surface area contributed by atoms with Crippen molar-refractivity contribution in [2.24, 2.45) is 0 Å². The average Bonchev–Trinajstić information content (AvgIpc) is 2.28. The Balaban J connectivity index is 2.40. The number of nitrogens with two attached hydrogens (primary N) is 1. The maximum Gasteiger partial charge on any atom is 0.343 e. The average molecular weight is 327 g/mol. The summed E-state index contributed by atoms with van der Waals surface area (Å²) in [5, 5.41) is 11.2. The molecule has 1 heterocycles. The third-order valence-corrected chi connectivity index (χ3v) is 3.49. The molecule has 0 bridgehead atoms. The Kier molecular flexibility index (Phi) is 3.78. The molecule has 2 N–H and O–H groups in total. The molecular formula is C10H7BrN4O2S. The van der Waals surface area contributed by atoms with Crippen molar-refractivity contribution in [1.29, 1.82) is 0 Å². The number of aromatic nitrogens is 2. The van der Waals surface area contributed by atoms with Crippen LogP contribution in [0.5, 0.6) is 0 Å². The van der Waals surface area contributed by atoms with Crippen molar-refractivity contribution in [3.63, 3.8) is 0 Å². The normalized spacial score (nSPS) is 10.3. The third-order valence-electron chi connectivity index (χ3n) is 2.01. The van der Waals surface area contributed by atoms with E-state index in [0.717, 1.165) is 9.37 Å². The van der Waals surface area contributed by atoms with E-state index in [2.05, 4.69) is 25.9 Å². The summed E-state index contributed by atoms with van der Waals surface area (Å²) >= 11 is 4.50. The predicted octanol–water partition coefficient (Wildman–Crippen LogP) is 2.88. The first kappa shape index (κ1) is 12.8. The molecule has 1 aromatic heterocycles. The Morgan fingerprint density at radius 2 is 2.17 bits per heavy atom. The molecule has 8 heteroatoms. The van der Waals surface area contributed by atoms with Crippen LogP contribution in [0.15, 0.2) is 45.0 Å². The van der Waals surface area contributed by atoms with E-state index in [1.54, 1.807) is 0 Å². The van der Waals surface area contributed by atoms with Gasteiger partial charge in [0.25, 0.3) is 0 Å². The van der Waals surface area contributed by atoms with Gasteiger partial charge in [-0.1, -0.05) is 33.8 Å². The van der Waals surface area contributed by atoms with Gasteiger partial charge in [0.1, 0.15) is 6.33 Å². The fourth-order valence-electron chi connectivity index (χ4n) is 1.26. The fraction of sp³-hybridized carbons (Fsp3) is 0. The maximum absolute atomic E-state index is 10.9. The quantitative estimate of drug-likeness (QED) is 0.529. The van der Waals surface area contributed by atoms with Crippen LogP contribution in [0.1, 0.15) is 0 Å². The van der Waals surface area contributed by atoms with Crippen LogP contribution in [0.25, 0.3) is 0 Å². The zero-order chi connectivity index (χ0) is 13.1. The van der Waals surface area contributed by atoms with Crippen molar-refractivity contribution in [3.8, 4) is 0 Å². The van der Waals surface area contributed by atoms with Crippen LogP contribution in [-0.4, -0.2) is 14.9 Å². The van der Waals surface area contributed by atoms with Crippen LogP contribution in [0.3, 0.4) is 0 Å². The van der Waals surface area contributed by atoms with Gasteiger partial charge in [0, 0.05) is 9.37 Å². The van der Waals surface area contributed by atoms with E-state index in [1.165, 1.54) is 18.1 Å². The summed E-state index contributed by atoms with van der Waals surface area (Å²) in [6, 6.07) is 7.37. The van der Waals surface area contributed by atoms with Gasteiger partial charge in [-0.15, -0.1) is 0 Å². The number of hydrogen-bond donors (Lipinski definition) is 1. The molecule has 0 saturated heterocycles. The second kappa shape index (κ2) is 5.32. The van der Waals surface area contributed by atoms with Crippen molar-refractivity contribution >= 4 is 39.2 Å². The molecule has 0 spiro atoms. The lowest BCUT2D eigenvalue weighted by atomic mass is 10.4. The minimum atomic E-state index is -0.574. The number of hydrogen-bond acceptors (Lipinski definition) is 6. The van der Waals surface area contributed by atoms with Crippen molar-refractivity contribution in [3.05, 3.63) is 45.2 Å². The molecule has 0 aliphatic rings. The van der Waals surface area contributed by atoms with Gasteiger partial charge >= 0.3 is 5.69 Å². The van der Waals surface area contributed by atoms with Gasteiger partial charge in [-0.3, -0.25) is 10.1 Å². The van der Waals surface area contributed by atoms with Crippen LogP contribution < -0.4 is 5.73 Å². The number of nitrogen functional groups attached to an aromatic ring is 1. The predicted molar refractivity (Wildman–Crippen MR) is 71.4 cm³/mol. The van der Waals surface area contributed by atoms with Crippen molar-refractivity contribution < 1.29 is 4.92 Å². The first-order valence-corrected chi connectivity index (χ1v) is 6.37. The summed E-state index contributed by atoms with van der Waals surface area (Å²) in [4.78, 5) is 18.7. The molecule has 1 aromatic carbocycles. The highest BCUT2D eigenvalue weighted by Gasteiger charge is 2.21. The van der Waals surface area contributed by atoms with Gasteiger partial charge in [-0.2, -0.15) is 0 Å². The number of nitrogens with zero attached hydrogens (tertiary/aromatic N) is 3. The van der Waals surface area contributed by atoms with E-state index in [-0.39, 0.29) is 16.5 Å². The molecule has 0 fully saturated rings. The summed E-state index contributed by atoms with van der Waals surface area (Å²) in [5.41, 5.74) is 5.23. The second-order valence-corrected chi connectivity index (χ2v) is 5.21. The monoisotopic (exact) mass is 326 g/mol. The van der Waals surface area contributed by atoms with Crippen LogP contribution >= 0.6 is 27.7 Å². The highest BCUT2D eigenvalue weighted by molar-refractivity contribution is 9.10. The van der Waals surface area contributed by atoms with Crippen LogP contribution in [0, 0.1) is 10.1 Å². The number of anilines is 1. The summed E-state index contributed by atoms with van der Waals surface area (Å²) < 4.78 is 0.886. The second-order valence-electron chi connectivity index (χ2n) is 3.23. The van der Waals surface area contributed by atoms with Crippen molar-refractivity contribution in [1.82, 2.24) is 9.97 Å². The maximum atomic E-state index is 10.9. The molecule has 2 aromatic rings. The highest BCUT2D eigenvalue weighted by atomic mass is 79.9. The Hall–Kier alpha value is -1.67. The van der Waals surface area contributed by atoms with Gasteiger partial charge in [0.05, 0.1) is 4.92 Å². The van der Waals surface area contributed by atoms with E-state index in [4.69, 9.17) is 5.73 Å². The van der Waals surface area contributed by atoms with Crippen molar-refractivity contribution in [2.45, 2.75) is 9.92 Å². The molecule has 0 saturated carbocycles. The lowest BCUT2D eigenvalue weighted by Gasteiger charge is -2.03. The molecule has 0 aliphatic heterocycles. The lowest BCUT2D eigenvalue weighted by molar-refractivity contribution is -0.387. The van der Waals surface area contributed by atoms with Gasteiger partial charge in [-0.25, -0.2) is 9.97 Å². The first-order chi connectivity index (χ1) is 8.58. The minimum absolute atomic E-state index is 0.132. The summed E-state index contributed by atoms with van der Waals surface area (Å²) in [6.07, 6.45) is 1.21. The first-order valence-electron chi connectivity index (χ1n) is 4.76. The van der Waals surface area contributed by atoms with E-state index in [1.807, 2.05) is 24.3 Å². The van der Waals surface area contributed by atoms with Gasteiger partial charge in [-0.05, 0) is 18.2 Å². The number of halogens is 1. The number of benzene rings is 1. The minimum Gasteiger partial charge on any atom is -0.378 e. The Bertz CT molecular complexity index is 608. The third kappa shape index (κ3) is 2.77. The molecule has 2 rings (SSSR count). The van der Waals surface area contributed by atoms with Crippen molar-refractivity contribution in [2.75, 3.05) is 5.73 Å². The highest BCUT2D eigenvalue weighted by Crippen LogP contribution is 2.35. The molecule has 18 heavy (non-hydrogen) atoms. The molecule has 0 atom stereocenters. The van der Waals surface area contributed by atoms with Gasteiger partial charge < -0.3 is 5.73 Å². The van der Waals surface area contributed by atoms with Crippen LogP contribution in [-0.2, 0) is 0 Å². The summed E-state index contributed by atoms with van der Waals surface area (Å²) in [5.74, 6) is -0.132. The van der Waals surface area contributed by atoms with E-state index >= 15 is 0 Å². The SMILES string of the molecule is Nc1ncnc(Sc2cccc(Br)c2)c1[N+](=O)[O-]. The Morgan fingerprint density at radius 1 is 1.39 bits per heavy atom. The lowest BCUT2D eigenvalue weighted by Crippen LogP contribution is -2.01. The van der Waals surface area contributed by atoms with Gasteiger partial charge in [0.2, 0.25) is 5.82 Å². The molecular weight excluding hydrogens is 320 g/mol. The van der Waals surface area contributed by atoms with Crippen LogP contribution in [0.2, 0.25) is 0 Å². The standard InChI is InChI=1S/C10H7BrN4O2S/c11-6-2-1-3-7(4-6)18-10-8(15(16)17)9(12)13-5-14-10/h1-5H,(H2,12,13,14). The molecule has 0 aliphatic carbocycles. The topological polar surface area (TPSA) is 94.9 Å². The molecule has 6 nitrogen and oxygen atoms in total. The number of nitro groups is 1.